The lowest BCUT2D eigenvalue weighted by Crippen LogP contribution is -2.37. The number of ether oxygens (including phenoxy) is 1. The molecule has 1 aliphatic carbocycles. The van der Waals surface area contributed by atoms with Gasteiger partial charge in [-0.15, -0.1) is 0 Å². The molecule has 1 heterocycles. The van der Waals surface area contributed by atoms with E-state index in [-0.39, 0.29) is 12.2 Å². The van der Waals surface area contributed by atoms with E-state index < -0.39 is 0 Å². The van der Waals surface area contributed by atoms with Crippen LogP contribution < -0.4 is 4.74 Å². The highest BCUT2D eigenvalue weighted by molar-refractivity contribution is 5.58. The third-order valence-electron chi connectivity index (χ3n) is 2.96. The number of aliphatic hydroxyl groups excluding tert-OH is 1. The van der Waals surface area contributed by atoms with Crippen LogP contribution in [0.25, 0.3) is 11.3 Å². The minimum Gasteiger partial charge on any atom is -0.490 e. The third kappa shape index (κ3) is 2.17. The Labute approximate surface area is 98.9 Å². The Morgan fingerprint density at radius 1 is 1.24 bits per heavy atom. The molecule has 1 N–H and O–H groups in total. The summed E-state index contributed by atoms with van der Waals surface area (Å²) >= 11 is 0. The van der Waals surface area contributed by atoms with Gasteiger partial charge >= 0.3 is 0 Å². The highest BCUT2D eigenvalue weighted by Gasteiger charge is 2.28. The van der Waals surface area contributed by atoms with Crippen molar-refractivity contribution >= 4 is 0 Å². The van der Waals surface area contributed by atoms with E-state index in [2.05, 4.69) is 4.98 Å². The predicted molar refractivity (Wildman–Crippen MR) is 61.6 cm³/mol. The lowest BCUT2D eigenvalue weighted by Gasteiger charge is -2.31. The first-order chi connectivity index (χ1) is 8.31. The monoisotopic (exact) mass is 231 g/mol. The molecule has 4 heteroatoms. The molecule has 0 unspecified atom stereocenters. The molecule has 17 heavy (non-hydrogen) atoms. The van der Waals surface area contributed by atoms with Gasteiger partial charge in [-0.05, 0) is 24.3 Å². The van der Waals surface area contributed by atoms with Crippen LogP contribution in [0, 0.1) is 0 Å². The van der Waals surface area contributed by atoms with Crippen molar-refractivity contribution in [2.24, 2.45) is 0 Å². The predicted octanol–water partition coefficient (Wildman–Crippen LogP) is 2.24. The van der Waals surface area contributed by atoms with Crippen LogP contribution in [-0.2, 0) is 0 Å². The van der Waals surface area contributed by atoms with Crippen molar-refractivity contribution in [2.75, 3.05) is 0 Å². The molecule has 0 amide bonds. The van der Waals surface area contributed by atoms with Crippen LogP contribution in [0.5, 0.6) is 5.75 Å². The molecular weight excluding hydrogens is 218 g/mol. The van der Waals surface area contributed by atoms with Gasteiger partial charge in [0.05, 0.1) is 6.10 Å². The van der Waals surface area contributed by atoms with Crippen molar-refractivity contribution in [3.8, 4) is 17.0 Å². The van der Waals surface area contributed by atoms with E-state index in [0.717, 1.165) is 29.8 Å². The first-order valence-electron chi connectivity index (χ1n) is 5.64. The van der Waals surface area contributed by atoms with Crippen LogP contribution >= 0.6 is 0 Å². The summed E-state index contributed by atoms with van der Waals surface area (Å²) in [5.74, 6) is 0.828. The fourth-order valence-corrected chi connectivity index (χ4v) is 1.89. The molecule has 4 nitrogen and oxygen atoms in total. The van der Waals surface area contributed by atoms with E-state index in [4.69, 9.17) is 14.3 Å². The van der Waals surface area contributed by atoms with E-state index >= 15 is 0 Å². The smallest absolute Gasteiger partial charge is 0.181 e. The van der Waals surface area contributed by atoms with Gasteiger partial charge in [0.2, 0.25) is 0 Å². The van der Waals surface area contributed by atoms with Gasteiger partial charge in [-0.3, -0.25) is 0 Å². The molecule has 0 atom stereocenters. The maximum absolute atomic E-state index is 9.17. The molecule has 1 saturated carbocycles. The first-order valence-corrected chi connectivity index (χ1v) is 5.64. The van der Waals surface area contributed by atoms with Crippen molar-refractivity contribution in [2.45, 2.75) is 25.0 Å². The van der Waals surface area contributed by atoms with E-state index in [0.29, 0.717) is 0 Å². The first kappa shape index (κ1) is 10.4. The van der Waals surface area contributed by atoms with E-state index in [1.54, 1.807) is 6.26 Å². The zero-order chi connectivity index (χ0) is 11.7. The van der Waals surface area contributed by atoms with Gasteiger partial charge in [0.15, 0.2) is 6.39 Å². The van der Waals surface area contributed by atoms with Crippen molar-refractivity contribution in [1.82, 2.24) is 4.98 Å². The van der Waals surface area contributed by atoms with Crippen LogP contribution in [0.15, 0.2) is 41.3 Å². The van der Waals surface area contributed by atoms with Crippen molar-refractivity contribution in [3.05, 3.63) is 36.9 Å². The molecule has 0 radical (unpaired) electrons. The highest BCUT2D eigenvalue weighted by Crippen LogP contribution is 2.27. The Morgan fingerprint density at radius 2 is 2.00 bits per heavy atom. The summed E-state index contributed by atoms with van der Waals surface area (Å²) in [6, 6.07) is 7.72. The number of aromatic nitrogens is 1. The average molecular weight is 231 g/mol. The van der Waals surface area contributed by atoms with Crippen LogP contribution in [0.1, 0.15) is 12.8 Å². The summed E-state index contributed by atoms with van der Waals surface area (Å²) in [5.41, 5.74) is 1.82. The summed E-state index contributed by atoms with van der Waals surface area (Å²) in [4.78, 5) is 4.07. The topological polar surface area (TPSA) is 55.5 Å². The maximum Gasteiger partial charge on any atom is 0.181 e. The molecule has 0 bridgehead atoms. The van der Waals surface area contributed by atoms with Crippen LogP contribution in [0.3, 0.4) is 0 Å². The summed E-state index contributed by atoms with van der Waals surface area (Å²) < 4.78 is 10.6. The van der Waals surface area contributed by atoms with Crippen molar-refractivity contribution < 1.29 is 14.3 Å². The highest BCUT2D eigenvalue weighted by atomic mass is 16.5. The largest absolute Gasteiger partial charge is 0.490 e. The molecule has 0 saturated heterocycles. The van der Waals surface area contributed by atoms with E-state index in [1.165, 1.54) is 6.39 Å². The summed E-state index contributed by atoms with van der Waals surface area (Å²) in [6.07, 6.45) is 4.45. The molecule has 2 aromatic rings. The Hall–Kier alpha value is -1.81. The number of hydrogen-bond donors (Lipinski definition) is 1. The molecule has 3 rings (SSSR count). The maximum atomic E-state index is 9.17. The molecule has 88 valence electrons. The quantitative estimate of drug-likeness (QED) is 0.880. The SMILES string of the molecule is OC1CC(Oc2ccc(-c3cocn3)cc2)C1. The summed E-state index contributed by atoms with van der Waals surface area (Å²) in [6.45, 7) is 0. The van der Waals surface area contributed by atoms with Gasteiger partial charge in [0.1, 0.15) is 23.8 Å². The molecule has 0 aliphatic heterocycles. The number of benzene rings is 1. The number of nitrogens with zero attached hydrogens (tertiary/aromatic N) is 1. The lowest BCUT2D eigenvalue weighted by molar-refractivity contribution is -0.0107. The molecule has 1 fully saturated rings. The summed E-state index contributed by atoms with van der Waals surface area (Å²) in [5, 5.41) is 9.17. The van der Waals surface area contributed by atoms with Gasteiger partial charge in [0, 0.05) is 18.4 Å². The molecule has 1 aromatic heterocycles. The number of aliphatic hydroxyl groups is 1. The van der Waals surface area contributed by atoms with Crippen molar-refractivity contribution in [3.63, 3.8) is 0 Å². The Balaban J connectivity index is 1.68. The Morgan fingerprint density at radius 3 is 2.59 bits per heavy atom. The summed E-state index contributed by atoms with van der Waals surface area (Å²) in [7, 11) is 0. The Bertz CT molecular complexity index is 472. The minimum atomic E-state index is -0.186. The van der Waals surface area contributed by atoms with Gasteiger partial charge in [-0.1, -0.05) is 0 Å². The zero-order valence-corrected chi connectivity index (χ0v) is 9.24. The molecular formula is C13H13NO3. The second kappa shape index (κ2) is 4.22. The second-order valence-electron chi connectivity index (χ2n) is 4.26. The molecule has 0 spiro atoms. The second-order valence-corrected chi connectivity index (χ2v) is 4.26. The van der Waals surface area contributed by atoms with Crippen LogP contribution in [0.2, 0.25) is 0 Å². The molecule has 1 aromatic carbocycles. The zero-order valence-electron chi connectivity index (χ0n) is 9.24. The van der Waals surface area contributed by atoms with Crippen LogP contribution in [0.4, 0.5) is 0 Å². The van der Waals surface area contributed by atoms with Gasteiger partial charge in [0.25, 0.3) is 0 Å². The number of oxazole rings is 1. The van der Waals surface area contributed by atoms with E-state index in [1.807, 2.05) is 24.3 Å². The fraction of sp³-hybridized carbons (Fsp3) is 0.308. The number of hydrogen-bond acceptors (Lipinski definition) is 4. The third-order valence-corrected chi connectivity index (χ3v) is 2.96. The molecule has 1 aliphatic rings. The standard InChI is InChI=1S/C13H13NO3/c15-10-5-12(6-10)17-11-3-1-9(2-4-11)13-7-16-8-14-13/h1-4,7-8,10,12,15H,5-6H2. The minimum absolute atomic E-state index is 0.155. The Kier molecular flexibility index (Phi) is 2.57. The van der Waals surface area contributed by atoms with Gasteiger partial charge in [-0.25, -0.2) is 4.98 Å². The van der Waals surface area contributed by atoms with Gasteiger partial charge in [-0.2, -0.15) is 0 Å². The fourth-order valence-electron chi connectivity index (χ4n) is 1.89. The lowest BCUT2D eigenvalue weighted by atomic mass is 9.92. The van der Waals surface area contributed by atoms with E-state index in [9.17, 15) is 0 Å². The van der Waals surface area contributed by atoms with Gasteiger partial charge < -0.3 is 14.3 Å². The van der Waals surface area contributed by atoms with Crippen molar-refractivity contribution in [1.29, 1.82) is 0 Å². The van der Waals surface area contributed by atoms with Crippen LogP contribution in [-0.4, -0.2) is 22.3 Å². The average Bonchev–Trinajstić information content (AvgIpc) is 2.81. The number of rotatable bonds is 3. The normalized spacial score (nSPS) is 23.1.